The molecule has 0 saturated heterocycles. The summed E-state index contributed by atoms with van der Waals surface area (Å²) in [5, 5.41) is 13.9. The molecule has 0 aliphatic heterocycles. The molecule has 1 aliphatic carbocycles. The summed E-state index contributed by atoms with van der Waals surface area (Å²) < 4.78 is 13.7. The van der Waals surface area contributed by atoms with Crippen LogP contribution in [0.4, 0.5) is 4.39 Å². The van der Waals surface area contributed by atoms with Crippen LogP contribution in [0, 0.1) is 11.7 Å². The Labute approximate surface area is 103 Å². The zero-order valence-corrected chi connectivity index (χ0v) is 9.69. The number of hydrogen-bond acceptors (Lipinski definition) is 3. The maximum atomic E-state index is 13.7. The van der Waals surface area contributed by atoms with Crippen LogP contribution in [-0.4, -0.2) is 17.0 Å². The molecule has 1 aliphatic rings. The second-order valence-electron chi connectivity index (χ2n) is 4.28. The molecule has 0 spiro atoms. The van der Waals surface area contributed by atoms with E-state index in [1.807, 2.05) is 0 Å². The molecule has 0 atom stereocenters. The van der Waals surface area contributed by atoms with Gasteiger partial charge in [-0.25, -0.2) is 4.39 Å². The highest BCUT2D eigenvalue weighted by Crippen LogP contribution is 2.28. The van der Waals surface area contributed by atoms with Gasteiger partial charge in [0.05, 0.1) is 0 Å². The summed E-state index contributed by atoms with van der Waals surface area (Å²) in [7, 11) is 0. The van der Waals surface area contributed by atoms with Gasteiger partial charge >= 0.3 is 0 Å². The Kier molecular flexibility index (Phi) is 3.45. The van der Waals surface area contributed by atoms with Crippen molar-refractivity contribution < 1.29 is 14.4 Å². The van der Waals surface area contributed by atoms with Gasteiger partial charge < -0.3 is 16.3 Å². The van der Waals surface area contributed by atoms with Crippen LogP contribution in [0.3, 0.4) is 0 Å². The summed E-state index contributed by atoms with van der Waals surface area (Å²) in [6.07, 6.45) is 1.83. The molecular formula is C12H14FN3O2. The summed E-state index contributed by atoms with van der Waals surface area (Å²) in [4.78, 5) is 11.4. The van der Waals surface area contributed by atoms with E-state index < -0.39 is 5.82 Å². The third-order valence-electron chi connectivity index (χ3n) is 2.86. The molecule has 1 fully saturated rings. The zero-order valence-electron chi connectivity index (χ0n) is 9.69. The summed E-state index contributed by atoms with van der Waals surface area (Å²) in [6.45, 7) is 0.150. The van der Waals surface area contributed by atoms with Crippen molar-refractivity contribution in [1.29, 1.82) is 0 Å². The first-order chi connectivity index (χ1) is 8.61. The lowest BCUT2D eigenvalue weighted by Crippen LogP contribution is -2.24. The predicted molar refractivity (Wildman–Crippen MR) is 63.5 cm³/mol. The molecule has 1 saturated carbocycles. The summed E-state index contributed by atoms with van der Waals surface area (Å²) in [5.74, 6) is -0.572. The quantitative estimate of drug-likeness (QED) is 0.322. The third kappa shape index (κ3) is 2.77. The number of carbonyl (C=O) groups is 1. The molecule has 96 valence electrons. The molecule has 6 heteroatoms. The van der Waals surface area contributed by atoms with Gasteiger partial charge in [0.25, 0.3) is 0 Å². The average Bonchev–Trinajstić information content (AvgIpc) is 3.20. The van der Waals surface area contributed by atoms with Gasteiger partial charge in [-0.15, -0.1) is 0 Å². The van der Waals surface area contributed by atoms with E-state index in [0.717, 1.165) is 12.8 Å². The Morgan fingerprint density at radius 2 is 2.28 bits per heavy atom. The van der Waals surface area contributed by atoms with E-state index in [2.05, 4.69) is 10.5 Å². The molecule has 0 bridgehead atoms. The van der Waals surface area contributed by atoms with E-state index in [9.17, 15) is 9.18 Å². The highest BCUT2D eigenvalue weighted by Gasteiger charge is 2.29. The van der Waals surface area contributed by atoms with Gasteiger partial charge in [-0.3, -0.25) is 4.79 Å². The van der Waals surface area contributed by atoms with Gasteiger partial charge in [0.1, 0.15) is 5.82 Å². The zero-order chi connectivity index (χ0) is 13.1. The van der Waals surface area contributed by atoms with Crippen LogP contribution in [0.2, 0.25) is 0 Å². The van der Waals surface area contributed by atoms with Crippen molar-refractivity contribution in [3.8, 4) is 0 Å². The van der Waals surface area contributed by atoms with Crippen molar-refractivity contribution in [2.75, 3.05) is 0 Å². The molecule has 0 aromatic heterocycles. The first kappa shape index (κ1) is 12.3. The van der Waals surface area contributed by atoms with Crippen LogP contribution in [0.1, 0.15) is 24.0 Å². The van der Waals surface area contributed by atoms with E-state index in [4.69, 9.17) is 10.9 Å². The standard InChI is InChI=1S/C12H14FN3O2/c13-10-5-8(11(14)16-18)3-4-9(10)6-15-12(17)7-1-2-7/h3-5,7,18H,1-2,6H2,(H2,14,16)(H,15,17). The number of halogens is 1. The molecule has 0 unspecified atom stereocenters. The maximum Gasteiger partial charge on any atom is 0.223 e. The minimum Gasteiger partial charge on any atom is -0.409 e. The molecule has 18 heavy (non-hydrogen) atoms. The molecule has 1 aromatic rings. The number of carbonyl (C=O) groups excluding carboxylic acids is 1. The average molecular weight is 251 g/mol. The monoisotopic (exact) mass is 251 g/mol. The number of nitrogens with one attached hydrogen (secondary N) is 1. The van der Waals surface area contributed by atoms with Crippen LogP contribution in [0.15, 0.2) is 23.4 Å². The summed E-state index contributed by atoms with van der Waals surface area (Å²) in [6, 6.07) is 4.22. The fourth-order valence-corrected chi connectivity index (χ4v) is 1.58. The molecule has 0 heterocycles. The first-order valence-electron chi connectivity index (χ1n) is 5.66. The predicted octanol–water partition coefficient (Wildman–Crippen LogP) is 0.946. The number of benzene rings is 1. The van der Waals surface area contributed by atoms with Gasteiger partial charge in [0.15, 0.2) is 5.84 Å². The van der Waals surface area contributed by atoms with Gasteiger partial charge in [0, 0.05) is 23.6 Å². The van der Waals surface area contributed by atoms with Crippen molar-refractivity contribution in [2.24, 2.45) is 16.8 Å². The van der Waals surface area contributed by atoms with E-state index in [1.54, 1.807) is 0 Å². The fourth-order valence-electron chi connectivity index (χ4n) is 1.58. The topological polar surface area (TPSA) is 87.7 Å². The fraction of sp³-hybridized carbons (Fsp3) is 0.333. The molecule has 1 aromatic carbocycles. The third-order valence-corrected chi connectivity index (χ3v) is 2.86. The van der Waals surface area contributed by atoms with Crippen LogP contribution in [0.25, 0.3) is 0 Å². The summed E-state index contributed by atoms with van der Waals surface area (Å²) in [5.41, 5.74) is 6.02. The van der Waals surface area contributed by atoms with Crippen molar-refractivity contribution in [3.63, 3.8) is 0 Å². The number of rotatable bonds is 4. The van der Waals surface area contributed by atoms with Crippen molar-refractivity contribution >= 4 is 11.7 Å². The van der Waals surface area contributed by atoms with Crippen LogP contribution in [0.5, 0.6) is 0 Å². The molecule has 0 radical (unpaired) electrons. The summed E-state index contributed by atoms with van der Waals surface area (Å²) >= 11 is 0. The van der Waals surface area contributed by atoms with Gasteiger partial charge in [-0.05, 0) is 18.9 Å². The Morgan fingerprint density at radius 1 is 1.56 bits per heavy atom. The Hall–Kier alpha value is -2.11. The van der Waals surface area contributed by atoms with E-state index in [-0.39, 0.29) is 24.2 Å². The van der Waals surface area contributed by atoms with Crippen molar-refractivity contribution in [3.05, 3.63) is 35.1 Å². The van der Waals surface area contributed by atoms with Crippen molar-refractivity contribution in [1.82, 2.24) is 5.32 Å². The number of nitrogens with zero attached hydrogens (tertiary/aromatic N) is 1. The Bertz CT molecular complexity index is 498. The van der Waals surface area contributed by atoms with Crippen LogP contribution >= 0.6 is 0 Å². The first-order valence-corrected chi connectivity index (χ1v) is 5.66. The number of amidine groups is 1. The molecule has 2 rings (SSSR count). The normalized spacial score (nSPS) is 15.5. The molecular weight excluding hydrogens is 237 g/mol. The SMILES string of the molecule is NC(=NO)c1ccc(CNC(=O)C2CC2)c(F)c1. The van der Waals surface area contributed by atoms with E-state index in [1.165, 1.54) is 18.2 Å². The molecule has 4 N–H and O–H groups in total. The lowest BCUT2D eigenvalue weighted by Gasteiger charge is -2.07. The largest absolute Gasteiger partial charge is 0.409 e. The smallest absolute Gasteiger partial charge is 0.223 e. The number of amides is 1. The van der Waals surface area contributed by atoms with E-state index in [0.29, 0.717) is 11.1 Å². The molecule has 5 nitrogen and oxygen atoms in total. The lowest BCUT2D eigenvalue weighted by molar-refractivity contribution is -0.122. The van der Waals surface area contributed by atoms with E-state index >= 15 is 0 Å². The van der Waals surface area contributed by atoms with Crippen LogP contribution < -0.4 is 11.1 Å². The van der Waals surface area contributed by atoms with Crippen LogP contribution in [-0.2, 0) is 11.3 Å². The van der Waals surface area contributed by atoms with Crippen molar-refractivity contribution in [2.45, 2.75) is 19.4 Å². The van der Waals surface area contributed by atoms with Gasteiger partial charge in [0.2, 0.25) is 5.91 Å². The maximum absolute atomic E-state index is 13.7. The highest BCUT2D eigenvalue weighted by molar-refractivity contribution is 5.97. The number of nitrogens with two attached hydrogens (primary N) is 1. The molecule has 1 amide bonds. The minimum atomic E-state index is -0.491. The second kappa shape index (κ2) is 5.03. The minimum absolute atomic E-state index is 0.0325. The Balaban J connectivity index is 2.02. The lowest BCUT2D eigenvalue weighted by atomic mass is 10.1. The Morgan fingerprint density at radius 3 is 2.83 bits per heavy atom. The number of oxime groups is 1. The highest BCUT2D eigenvalue weighted by atomic mass is 19.1. The second-order valence-corrected chi connectivity index (χ2v) is 4.28. The van der Waals surface area contributed by atoms with Gasteiger partial charge in [-0.1, -0.05) is 17.3 Å². The number of hydrogen-bond donors (Lipinski definition) is 3. The van der Waals surface area contributed by atoms with Gasteiger partial charge in [-0.2, -0.15) is 0 Å².